The summed E-state index contributed by atoms with van der Waals surface area (Å²) in [6.45, 7) is 3.74. The van der Waals surface area contributed by atoms with Crippen LogP contribution in [0.1, 0.15) is 19.4 Å². The van der Waals surface area contributed by atoms with Gasteiger partial charge in [0.05, 0.1) is 20.8 Å². The van der Waals surface area contributed by atoms with Crippen molar-refractivity contribution in [1.82, 2.24) is 0 Å². The summed E-state index contributed by atoms with van der Waals surface area (Å²) < 4.78 is 5.63. The number of anilines is 1. The number of carbonyl (C=O) groups is 1. The van der Waals surface area contributed by atoms with Gasteiger partial charge in [-0.1, -0.05) is 53.9 Å². The first-order valence-electron chi connectivity index (χ1n) is 7.11. The molecule has 1 atom stereocenters. The second-order valence-corrected chi connectivity index (χ2v) is 6.21. The van der Waals surface area contributed by atoms with Crippen LogP contribution in [-0.2, 0) is 11.2 Å². The van der Waals surface area contributed by atoms with Crippen LogP contribution in [0.25, 0.3) is 0 Å². The fourth-order valence-electron chi connectivity index (χ4n) is 1.91. The van der Waals surface area contributed by atoms with Crippen molar-refractivity contribution >= 4 is 46.4 Å². The average molecular weight is 373 g/mol. The molecule has 23 heavy (non-hydrogen) atoms. The van der Waals surface area contributed by atoms with E-state index in [2.05, 4.69) is 12.2 Å². The molecule has 0 radical (unpaired) electrons. The fraction of sp³-hybridized carbons (Fsp3) is 0.235. The Bertz CT molecular complexity index is 702. The van der Waals surface area contributed by atoms with Crippen LogP contribution in [0, 0.1) is 0 Å². The fourth-order valence-corrected chi connectivity index (χ4v) is 2.51. The highest BCUT2D eigenvalue weighted by atomic mass is 35.5. The van der Waals surface area contributed by atoms with Gasteiger partial charge in [-0.15, -0.1) is 0 Å². The molecule has 0 heterocycles. The van der Waals surface area contributed by atoms with Gasteiger partial charge in [-0.3, -0.25) is 4.79 Å². The van der Waals surface area contributed by atoms with Crippen LogP contribution in [0.4, 0.5) is 5.69 Å². The minimum Gasteiger partial charge on any atom is -0.481 e. The van der Waals surface area contributed by atoms with Gasteiger partial charge in [0.2, 0.25) is 0 Å². The van der Waals surface area contributed by atoms with Crippen LogP contribution in [0.3, 0.4) is 0 Å². The van der Waals surface area contributed by atoms with E-state index in [1.54, 1.807) is 6.92 Å². The van der Waals surface area contributed by atoms with Gasteiger partial charge in [-0.05, 0) is 43.2 Å². The maximum Gasteiger partial charge on any atom is 0.265 e. The van der Waals surface area contributed by atoms with Crippen molar-refractivity contribution in [2.75, 3.05) is 5.32 Å². The second-order valence-electron chi connectivity index (χ2n) is 4.99. The highest BCUT2D eigenvalue weighted by Gasteiger charge is 2.17. The lowest BCUT2D eigenvalue weighted by Gasteiger charge is -2.16. The molecule has 0 unspecified atom stereocenters. The smallest absolute Gasteiger partial charge is 0.265 e. The molecular formula is C17H16Cl3NO2. The van der Waals surface area contributed by atoms with Crippen molar-refractivity contribution in [2.24, 2.45) is 0 Å². The number of hydrogen-bond donors (Lipinski definition) is 1. The van der Waals surface area contributed by atoms with Crippen molar-refractivity contribution in [3.8, 4) is 5.75 Å². The lowest BCUT2D eigenvalue weighted by molar-refractivity contribution is -0.122. The molecule has 0 bridgehead atoms. The topological polar surface area (TPSA) is 38.3 Å². The lowest BCUT2D eigenvalue weighted by Crippen LogP contribution is -2.30. The maximum absolute atomic E-state index is 12.2. The Labute approximate surface area is 150 Å². The van der Waals surface area contributed by atoms with Crippen molar-refractivity contribution in [3.05, 3.63) is 57.0 Å². The Morgan fingerprint density at radius 3 is 2.30 bits per heavy atom. The van der Waals surface area contributed by atoms with Gasteiger partial charge in [0.25, 0.3) is 5.91 Å². The summed E-state index contributed by atoms with van der Waals surface area (Å²) in [5.41, 5.74) is 1.60. The van der Waals surface area contributed by atoms with Crippen LogP contribution >= 0.6 is 34.8 Å². The molecule has 3 nitrogen and oxygen atoms in total. The second kappa shape index (κ2) is 7.91. The van der Waals surface area contributed by atoms with Crippen molar-refractivity contribution in [2.45, 2.75) is 26.4 Å². The largest absolute Gasteiger partial charge is 0.481 e. The number of benzene rings is 2. The Kier molecular flexibility index (Phi) is 6.17. The molecule has 0 aliphatic heterocycles. The molecule has 0 aliphatic carbocycles. The maximum atomic E-state index is 12.2. The molecule has 2 aromatic rings. The van der Waals surface area contributed by atoms with Crippen molar-refractivity contribution in [3.63, 3.8) is 0 Å². The number of hydrogen-bond acceptors (Lipinski definition) is 2. The van der Waals surface area contributed by atoms with Gasteiger partial charge >= 0.3 is 0 Å². The first-order valence-corrected chi connectivity index (χ1v) is 8.25. The van der Waals surface area contributed by atoms with E-state index in [0.717, 1.165) is 6.42 Å². The zero-order chi connectivity index (χ0) is 17.0. The van der Waals surface area contributed by atoms with Gasteiger partial charge in [-0.2, -0.15) is 0 Å². The highest BCUT2D eigenvalue weighted by Crippen LogP contribution is 2.32. The summed E-state index contributed by atoms with van der Waals surface area (Å²) >= 11 is 17.8. The number of amides is 1. The summed E-state index contributed by atoms with van der Waals surface area (Å²) in [5.74, 6) is 0.301. The Balaban J connectivity index is 2.03. The summed E-state index contributed by atoms with van der Waals surface area (Å²) in [7, 11) is 0. The third-order valence-corrected chi connectivity index (χ3v) is 4.32. The highest BCUT2D eigenvalue weighted by molar-refractivity contribution is 6.44. The lowest BCUT2D eigenvalue weighted by atomic mass is 10.2. The van der Waals surface area contributed by atoms with E-state index in [9.17, 15) is 4.79 Å². The molecular weight excluding hydrogens is 357 g/mol. The summed E-state index contributed by atoms with van der Waals surface area (Å²) in [5, 5.41) is 3.64. The number of ether oxygens (including phenoxy) is 1. The minimum absolute atomic E-state index is 0.312. The standard InChI is InChI=1S/C17H16Cl3NO2/c1-3-11-4-6-12(7-5-11)23-10(2)17(22)21-16-9-14(19)13(18)8-15(16)20/h4-10H,3H2,1-2H3,(H,21,22)/t10-/m0/s1. The third-order valence-electron chi connectivity index (χ3n) is 3.28. The molecule has 1 amide bonds. The zero-order valence-electron chi connectivity index (χ0n) is 12.7. The first-order chi connectivity index (χ1) is 10.9. The zero-order valence-corrected chi connectivity index (χ0v) is 15.0. The number of carbonyl (C=O) groups excluding carboxylic acids is 1. The molecule has 6 heteroatoms. The number of nitrogens with one attached hydrogen (secondary N) is 1. The Hall–Kier alpha value is -1.42. The molecule has 2 aromatic carbocycles. The van der Waals surface area contributed by atoms with Crippen LogP contribution < -0.4 is 10.1 Å². The van der Waals surface area contributed by atoms with Crippen LogP contribution in [0.2, 0.25) is 15.1 Å². The normalized spacial score (nSPS) is 11.9. The van der Waals surface area contributed by atoms with Gasteiger partial charge in [-0.25, -0.2) is 0 Å². The van der Waals surface area contributed by atoms with Gasteiger partial charge in [0.15, 0.2) is 6.10 Å². The van der Waals surface area contributed by atoms with Crippen LogP contribution in [0.15, 0.2) is 36.4 Å². The monoisotopic (exact) mass is 371 g/mol. The van der Waals surface area contributed by atoms with E-state index in [-0.39, 0.29) is 5.91 Å². The van der Waals surface area contributed by atoms with E-state index < -0.39 is 6.10 Å². The van der Waals surface area contributed by atoms with E-state index in [1.807, 2.05) is 24.3 Å². The Morgan fingerprint density at radius 1 is 1.09 bits per heavy atom. The minimum atomic E-state index is -0.687. The molecule has 0 saturated carbocycles. The van der Waals surface area contributed by atoms with Crippen molar-refractivity contribution in [1.29, 1.82) is 0 Å². The van der Waals surface area contributed by atoms with Gasteiger partial charge < -0.3 is 10.1 Å². The number of rotatable bonds is 5. The number of halogens is 3. The Morgan fingerprint density at radius 2 is 1.70 bits per heavy atom. The predicted molar refractivity (Wildman–Crippen MR) is 96.0 cm³/mol. The predicted octanol–water partition coefficient (Wildman–Crippen LogP) is 5.62. The molecule has 0 spiro atoms. The van der Waals surface area contributed by atoms with E-state index >= 15 is 0 Å². The average Bonchev–Trinajstić information content (AvgIpc) is 2.53. The van der Waals surface area contributed by atoms with E-state index in [4.69, 9.17) is 39.5 Å². The number of aryl methyl sites for hydroxylation is 1. The SMILES string of the molecule is CCc1ccc(O[C@@H](C)C(=O)Nc2cc(Cl)c(Cl)cc2Cl)cc1. The van der Waals surface area contributed by atoms with Gasteiger partial charge in [0.1, 0.15) is 5.75 Å². The van der Waals surface area contributed by atoms with Gasteiger partial charge in [0, 0.05) is 0 Å². The molecule has 0 fully saturated rings. The molecule has 0 aromatic heterocycles. The van der Waals surface area contributed by atoms with Crippen LogP contribution in [-0.4, -0.2) is 12.0 Å². The van der Waals surface area contributed by atoms with Crippen molar-refractivity contribution < 1.29 is 9.53 Å². The quantitative estimate of drug-likeness (QED) is 0.692. The van der Waals surface area contributed by atoms with Crippen LogP contribution in [0.5, 0.6) is 5.75 Å². The van der Waals surface area contributed by atoms with E-state index in [0.29, 0.717) is 26.5 Å². The molecule has 1 N–H and O–H groups in total. The third kappa shape index (κ3) is 4.77. The van der Waals surface area contributed by atoms with E-state index in [1.165, 1.54) is 17.7 Å². The molecule has 0 saturated heterocycles. The summed E-state index contributed by atoms with van der Waals surface area (Å²) in [4.78, 5) is 12.2. The molecule has 0 aliphatic rings. The first kappa shape index (κ1) is 17.9. The molecule has 122 valence electrons. The summed E-state index contributed by atoms with van der Waals surface area (Å²) in [6, 6.07) is 10.6. The molecule has 2 rings (SSSR count). The summed E-state index contributed by atoms with van der Waals surface area (Å²) in [6.07, 6.45) is 0.264.